The topological polar surface area (TPSA) is 40.1 Å². The Morgan fingerprint density at radius 1 is 1.54 bits per heavy atom. The molecule has 1 unspecified atom stereocenters. The highest BCUT2D eigenvalue weighted by Gasteiger charge is 2.00. The molecule has 70 valence electrons. The van der Waals surface area contributed by atoms with Crippen LogP contribution in [-0.2, 0) is 11.1 Å². The Hall–Kier alpha value is -0.930. The molecule has 0 amide bonds. The van der Waals surface area contributed by atoms with Crippen LogP contribution < -0.4 is 0 Å². The van der Waals surface area contributed by atoms with Gasteiger partial charge in [0.05, 0.1) is 0 Å². The van der Waals surface area contributed by atoms with E-state index in [1.54, 1.807) is 18.2 Å². The zero-order valence-electron chi connectivity index (χ0n) is 7.66. The van der Waals surface area contributed by atoms with Crippen molar-refractivity contribution < 1.29 is 8.76 Å². The van der Waals surface area contributed by atoms with Gasteiger partial charge in [-0.15, -0.1) is 0 Å². The van der Waals surface area contributed by atoms with Crippen LogP contribution in [0.25, 0.3) is 5.57 Å². The predicted octanol–water partition coefficient (Wildman–Crippen LogP) is 2.27. The van der Waals surface area contributed by atoms with Crippen molar-refractivity contribution in [2.75, 3.05) is 0 Å². The standard InChI is InChI=1S/C10H12O2S/c1-7(2)10-6-9(13(11)12)5-4-8(10)3/h4-6H,1H2,2-3H3,(H,11,12)/p-1. The molecule has 3 heteroatoms. The molecule has 0 saturated heterocycles. The van der Waals surface area contributed by atoms with E-state index in [4.69, 9.17) is 0 Å². The molecule has 0 bridgehead atoms. The van der Waals surface area contributed by atoms with E-state index in [1.807, 2.05) is 13.8 Å². The summed E-state index contributed by atoms with van der Waals surface area (Å²) in [5, 5.41) is 0. The summed E-state index contributed by atoms with van der Waals surface area (Å²) < 4.78 is 21.3. The van der Waals surface area contributed by atoms with E-state index in [2.05, 4.69) is 6.58 Å². The average molecular weight is 195 g/mol. The fourth-order valence-electron chi connectivity index (χ4n) is 1.16. The first kappa shape index (κ1) is 10.2. The van der Waals surface area contributed by atoms with Crippen molar-refractivity contribution in [2.24, 2.45) is 0 Å². The van der Waals surface area contributed by atoms with Crippen LogP contribution in [0, 0.1) is 6.92 Å². The van der Waals surface area contributed by atoms with Gasteiger partial charge >= 0.3 is 0 Å². The fourth-order valence-corrected chi connectivity index (χ4v) is 1.56. The minimum atomic E-state index is -2.16. The van der Waals surface area contributed by atoms with Gasteiger partial charge in [-0.25, -0.2) is 0 Å². The van der Waals surface area contributed by atoms with E-state index >= 15 is 0 Å². The molecule has 0 aliphatic rings. The highest BCUT2D eigenvalue weighted by molar-refractivity contribution is 7.79. The van der Waals surface area contributed by atoms with Gasteiger partial charge in [0.2, 0.25) is 0 Å². The summed E-state index contributed by atoms with van der Waals surface area (Å²) in [6, 6.07) is 5.01. The molecule has 1 aromatic carbocycles. The zero-order valence-corrected chi connectivity index (χ0v) is 8.48. The minimum absolute atomic E-state index is 0.309. The second-order valence-electron chi connectivity index (χ2n) is 2.99. The third kappa shape index (κ3) is 2.26. The molecule has 0 N–H and O–H groups in total. The summed E-state index contributed by atoms with van der Waals surface area (Å²) in [5.41, 5.74) is 2.83. The summed E-state index contributed by atoms with van der Waals surface area (Å²) in [4.78, 5) is 0.309. The van der Waals surface area contributed by atoms with Crippen molar-refractivity contribution in [3.8, 4) is 0 Å². The first-order valence-corrected chi connectivity index (χ1v) is 4.95. The quantitative estimate of drug-likeness (QED) is 0.679. The summed E-state index contributed by atoms with van der Waals surface area (Å²) in [5.74, 6) is 0. The van der Waals surface area contributed by atoms with Gasteiger partial charge in [0.1, 0.15) is 0 Å². The van der Waals surface area contributed by atoms with Gasteiger partial charge < -0.3 is 4.55 Å². The van der Waals surface area contributed by atoms with Crippen molar-refractivity contribution in [3.05, 3.63) is 35.9 Å². The van der Waals surface area contributed by atoms with E-state index in [0.717, 1.165) is 16.7 Å². The van der Waals surface area contributed by atoms with E-state index in [1.165, 1.54) is 0 Å². The lowest BCUT2D eigenvalue weighted by Crippen LogP contribution is -1.92. The summed E-state index contributed by atoms with van der Waals surface area (Å²) in [7, 11) is 0. The SMILES string of the molecule is C=C(C)c1cc(S(=O)[O-])ccc1C. The van der Waals surface area contributed by atoms with Crippen LogP contribution in [0.2, 0.25) is 0 Å². The Labute approximate surface area is 80.6 Å². The van der Waals surface area contributed by atoms with Crippen molar-refractivity contribution in [1.82, 2.24) is 0 Å². The van der Waals surface area contributed by atoms with Crippen molar-refractivity contribution >= 4 is 16.7 Å². The Kier molecular flexibility index (Phi) is 3.01. The summed E-state index contributed by atoms with van der Waals surface area (Å²) >= 11 is -2.16. The zero-order chi connectivity index (χ0) is 10.0. The molecule has 0 saturated carbocycles. The van der Waals surface area contributed by atoms with E-state index < -0.39 is 11.1 Å². The molecular formula is C10H11O2S-. The second kappa shape index (κ2) is 3.85. The van der Waals surface area contributed by atoms with E-state index in [-0.39, 0.29) is 0 Å². The molecule has 13 heavy (non-hydrogen) atoms. The maximum absolute atomic E-state index is 10.7. The number of hydrogen-bond donors (Lipinski definition) is 0. The monoisotopic (exact) mass is 195 g/mol. The number of rotatable bonds is 2. The molecule has 0 heterocycles. The molecule has 0 fully saturated rings. The van der Waals surface area contributed by atoms with Crippen molar-refractivity contribution in [3.63, 3.8) is 0 Å². The Bertz CT molecular complexity index is 369. The number of aryl methyl sites for hydroxylation is 1. The van der Waals surface area contributed by atoms with Crippen molar-refractivity contribution in [1.29, 1.82) is 0 Å². The van der Waals surface area contributed by atoms with Crippen LogP contribution in [0.5, 0.6) is 0 Å². The van der Waals surface area contributed by atoms with Gasteiger partial charge in [-0.1, -0.05) is 18.2 Å². The van der Waals surface area contributed by atoms with Crippen LogP contribution in [0.3, 0.4) is 0 Å². The lowest BCUT2D eigenvalue weighted by atomic mass is 10.0. The molecule has 2 nitrogen and oxygen atoms in total. The Morgan fingerprint density at radius 3 is 2.62 bits per heavy atom. The maximum atomic E-state index is 10.7. The minimum Gasteiger partial charge on any atom is -0.768 e. The Balaban J connectivity index is 3.27. The van der Waals surface area contributed by atoms with Crippen molar-refractivity contribution in [2.45, 2.75) is 18.7 Å². The molecule has 0 aliphatic heterocycles. The maximum Gasteiger partial charge on any atom is 0.0254 e. The molecule has 0 radical (unpaired) electrons. The molecule has 0 aliphatic carbocycles. The van der Waals surface area contributed by atoms with Gasteiger partial charge in [0.15, 0.2) is 0 Å². The van der Waals surface area contributed by atoms with E-state index in [0.29, 0.717) is 4.90 Å². The second-order valence-corrected chi connectivity index (χ2v) is 3.93. The van der Waals surface area contributed by atoms with Crippen LogP contribution in [0.1, 0.15) is 18.1 Å². The van der Waals surface area contributed by atoms with Crippen LogP contribution >= 0.6 is 0 Å². The largest absolute Gasteiger partial charge is 0.768 e. The molecule has 0 spiro atoms. The average Bonchev–Trinajstić information content (AvgIpc) is 2.04. The van der Waals surface area contributed by atoms with Gasteiger partial charge in [-0.05, 0) is 48.2 Å². The van der Waals surface area contributed by atoms with Gasteiger partial charge in [0, 0.05) is 4.90 Å². The lowest BCUT2D eigenvalue weighted by molar-refractivity contribution is 0.537. The van der Waals surface area contributed by atoms with Crippen LogP contribution in [0.15, 0.2) is 29.7 Å². The van der Waals surface area contributed by atoms with Gasteiger partial charge in [-0.2, -0.15) is 0 Å². The van der Waals surface area contributed by atoms with E-state index in [9.17, 15) is 8.76 Å². The highest BCUT2D eigenvalue weighted by Crippen LogP contribution is 2.19. The summed E-state index contributed by atoms with van der Waals surface area (Å²) in [6.07, 6.45) is 0. The van der Waals surface area contributed by atoms with Gasteiger partial charge in [-0.3, -0.25) is 4.21 Å². The third-order valence-corrected chi connectivity index (χ3v) is 2.50. The van der Waals surface area contributed by atoms with Crippen LogP contribution in [-0.4, -0.2) is 8.76 Å². The number of hydrogen-bond acceptors (Lipinski definition) is 2. The van der Waals surface area contributed by atoms with Gasteiger partial charge in [0.25, 0.3) is 0 Å². The molecule has 1 aromatic rings. The fraction of sp³-hybridized carbons (Fsp3) is 0.200. The highest BCUT2D eigenvalue weighted by atomic mass is 32.2. The third-order valence-electron chi connectivity index (χ3n) is 1.86. The lowest BCUT2D eigenvalue weighted by Gasteiger charge is -2.10. The number of benzene rings is 1. The van der Waals surface area contributed by atoms with Crippen LogP contribution in [0.4, 0.5) is 0 Å². The normalized spacial score (nSPS) is 12.5. The molecule has 1 atom stereocenters. The smallest absolute Gasteiger partial charge is 0.0254 e. The molecular weight excluding hydrogens is 184 g/mol. The Morgan fingerprint density at radius 2 is 2.15 bits per heavy atom. The predicted molar refractivity (Wildman–Crippen MR) is 53.1 cm³/mol. The summed E-state index contributed by atoms with van der Waals surface area (Å²) in [6.45, 7) is 7.58. The first-order valence-electron chi connectivity index (χ1n) is 3.88. The number of allylic oxidation sites excluding steroid dienone is 1. The first-order chi connectivity index (χ1) is 6.02. The molecule has 0 aromatic heterocycles. The molecule has 1 rings (SSSR count).